The second kappa shape index (κ2) is 23.7. The van der Waals surface area contributed by atoms with Gasteiger partial charge in [0, 0.05) is 91.8 Å². The molecule has 5 heterocycles. The molecule has 0 amide bonds. The Morgan fingerprint density at radius 2 is 0.547 bits per heavy atom. The summed E-state index contributed by atoms with van der Waals surface area (Å²) in [5, 5.41) is 0. The summed E-state index contributed by atoms with van der Waals surface area (Å²) in [4.78, 5) is 14.9. The lowest BCUT2D eigenvalue weighted by Crippen LogP contribution is -2.61. The normalized spacial score (nSPS) is 13.7. The zero-order valence-corrected chi connectivity index (χ0v) is 57.7. The fourth-order valence-corrected chi connectivity index (χ4v) is 18.6. The van der Waals surface area contributed by atoms with Crippen LogP contribution in [0.5, 0.6) is 11.5 Å². The van der Waals surface area contributed by atoms with Crippen LogP contribution in [0.25, 0.3) is 11.1 Å². The van der Waals surface area contributed by atoms with Crippen molar-refractivity contribution < 1.29 is 4.74 Å². The van der Waals surface area contributed by atoms with Gasteiger partial charge in [-0.15, -0.1) is 0 Å². The van der Waals surface area contributed by atoms with Gasteiger partial charge in [-0.3, -0.25) is 0 Å². The van der Waals surface area contributed by atoms with Crippen LogP contribution in [0.15, 0.2) is 388 Å². The molecule has 0 saturated carbocycles. The van der Waals surface area contributed by atoms with E-state index < -0.39 is 5.41 Å². The van der Waals surface area contributed by atoms with E-state index in [-0.39, 0.29) is 13.4 Å². The first-order valence-electron chi connectivity index (χ1n) is 36.6. The molecule has 494 valence electrons. The van der Waals surface area contributed by atoms with Crippen molar-refractivity contribution in [3.63, 3.8) is 0 Å². The van der Waals surface area contributed by atoms with Gasteiger partial charge < -0.3 is 34.1 Å². The summed E-state index contributed by atoms with van der Waals surface area (Å²) in [6.07, 6.45) is 0. The Morgan fingerprint density at radius 3 is 0.991 bits per heavy atom. The molecule has 0 unspecified atom stereocenters. The minimum atomic E-state index is -0.878. The summed E-state index contributed by atoms with van der Waals surface area (Å²) in [6.45, 7) is -0.467. The molecule has 22 rings (SSSR count). The van der Waals surface area contributed by atoms with E-state index >= 15 is 0 Å². The number of hydrogen-bond acceptors (Lipinski definition) is 7. The van der Waals surface area contributed by atoms with Gasteiger partial charge in [-0.2, -0.15) is 0 Å². The van der Waals surface area contributed by atoms with E-state index in [9.17, 15) is 0 Å². The minimum absolute atomic E-state index is 0.226. The van der Waals surface area contributed by atoms with Gasteiger partial charge in [0.2, 0.25) is 0 Å². The first-order chi connectivity index (χ1) is 52.6. The topological polar surface area (TPSA) is 28.7 Å². The Balaban J connectivity index is 0.852. The summed E-state index contributed by atoms with van der Waals surface area (Å²) in [7, 11) is 0. The van der Waals surface area contributed by atoms with Gasteiger partial charge in [-0.25, -0.2) is 0 Å². The number of para-hydroxylation sites is 10. The second-order valence-electron chi connectivity index (χ2n) is 28.2. The maximum absolute atomic E-state index is 7.94. The van der Waals surface area contributed by atoms with E-state index in [2.05, 4.69) is 418 Å². The Bertz CT molecular complexity index is 6050. The van der Waals surface area contributed by atoms with Gasteiger partial charge in [0.25, 0.3) is 13.4 Å². The smallest absolute Gasteiger partial charge is 0.256 e. The molecule has 0 atom stereocenters. The number of nitrogens with zero attached hydrogens (tertiary/aromatic N) is 6. The maximum Gasteiger partial charge on any atom is 0.256 e. The lowest BCUT2D eigenvalue weighted by Gasteiger charge is -2.49. The van der Waals surface area contributed by atoms with Gasteiger partial charge in [-0.05, 0) is 200 Å². The first-order valence-corrected chi connectivity index (χ1v) is 36.6. The predicted molar refractivity (Wildman–Crippen MR) is 441 cm³/mol. The molecule has 16 aromatic rings. The van der Waals surface area contributed by atoms with Crippen molar-refractivity contribution in [1.29, 1.82) is 0 Å². The van der Waals surface area contributed by atoms with Crippen LogP contribution in [0, 0.1) is 0 Å². The van der Waals surface area contributed by atoms with Gasteiger partial charge in [0.05, 0.1) is 28.2 Å². The second-order valence-corrected chi connectivity index (χ2v) is 28.2. The molecule has 7 nitrogen and oxygen atoms in total. The van der Waals surface area contributed by atoms with E-state index in [4.69, 9.17) is 4.74 Å². The molecule has 0 bridgehead atoms. The van der Waals surface area contributed by atoms with E-state index in [1.54, 1.807) is 0 Å². The number of ether oxygens (including phenoxy) is 1. The molecule has 0 N–H and O–H groups in total. The van der Waals surface area contributed by atoms with Gasteiger partial charge in [0.1, 0.15) is 11.5 Å². The van der Waals surface area contributed by atoms with E-state index in [0.29, 0.717) is 0 Å². The fraction of sp³-hybridized carbons (Fsp3) is 0.0103. The molecular weight excluding hydrogens is 1290 g/mol. The average Bonchev–Trinajstić information content (AvgIpc) is 1.32. The summed E-state index contributed by atoms with van der Waals surface area (Å²) in [6, 6.07) is 144. The van der Waals surface area contributed by atoms with Crippen LogP contribution in [0.3, 0.4) is 0 Å². The molecule has 0 fully saturated rings. The number of benzene rings is 16. The highest BCUT2D eigenvalue weighted by atomic mass is 16.5. The van der Waals surface area contributed by atoms with Gasteiger partial charge in [0.15, 0.2) is 0 Å². The van der Waals surface area contributed by atoms with Crippen LogP contribution in [-0.2, 0) is 5.41 Å². The largest absolute Gasteiger partial charge is 0.458 e. The molecule has 6 aliphatic rings. The van der Waals surface area contributed by atoms with Crippen molar-refractivity contribution in [2.45, 2.75) is 5.41 Å². The molecule has 1 aliphatic carbocycles. The lowest BCUT2D eigenvalue weighted by molar-refractivity contribution is 0.487. The Kier molecular flexibility index (Phi) is 13.4. The maximum atomic E-state index is 7.94. The quantitative estimate of drug-likeness (QED) is 0.126. The predicted octanol–water partition coefficient (Wildman–Crippen LogP) is 21.3. The van der Waals surface area contributed by atoms with Crippen molar-refractivity contribution in [2.24, 2.45) is 0 Å². The van der Waals surface area contributed by atoms with Crippen LogP contribution >= 0.6 is 0 Å². The van der Waals surface area contributed by atoms with E-state index in [1.807, 2.05) is 0 Å². The third kappa shape index (κ3) is 8.77. The Hall–Kier alpha value is -13.8. The summed E-state index contributed by atoms with van der Waals surface area (Å²) in [5.41, 5.74) is 32.9. The summed E-state index contributed by atoms with van der Waals surface area (Å²) >= 11 is 0. The van der Waals surface area contributed by atoms with Gasteiger partial charge >= 0.3 is 0 Å². The standard InChI is InChI=1S/C97H64B2N6O/c1-9-33-65(34-10-1)100(66-35-11-2-12-36-66)73-57-90-95-91(58-73)105(72-47-23-8-24-48-72)89-63-87-79(61-83(89)98(95)81-53-29-31-55-85(81)102(90)69-41-17-5-18-42-69)97(77-51-27-25-49-75(77)76-50-26-28-52-78(76)97)80-62-84-93(64-88(80)104(87)71-45-21-7-22-46-71)106-94-60-74(101(67-37-13-3-14-38-67)68-39-15-4-16-40-68)59-92-96(94)99(84)82-54-30-32-56-86(82)103(92)70-43-19-6-20-44-70/h1-64H. The third-order valence-electron chi connectivity index (χ3n) is 22.7. The highest BCUT2D eigenvalue weighted by molar-refractivity contribution is 7.01. The zero-order valence-electron chi connectivity index (χ0n) is 57.7. The highest BCUT2D eigenvalue weighted by Crippen LogP contribution is 2.65. The highest BCUT2D eigenvalue weighted by Gasteiger charge is 2.56. The summed E-state index contributed by atoms with van der Waals surface area (Å²) in [5.74, 6) is 1.63. The van der Waals surface area contributed by atoms with Crippen molar-refractivity contribution in [3.05, 3.63) is 411 Å². The number of fused-ring (bicyclic) bond motifs is 17. The zero-order chi connectivity index (χ0) is 69.6. The van der Waals surface area contributed by atoms with Crippen molar-refractivity contribution in [1.82, 2.24) is 0 Å². The Morgan fingerprint density at radius 1 is 0.217 bits per heavy atom. The molecule has 1 spiro atoms. The Labute approximate surface area is 617 Å². The van der Waals surface area contributed by atoms with Crippen LogP contribution in [-0.4, -0.2) is 13.4 Å². The van der Waals surface area contributed by atoms with Crippen LogP contribution in [0.2, 0.25) is 0 Å². The van der Waals surface area contributed by atoms with Gasteiger partial charge in [-0.1, -0.05) is 243 Å². The first kappa shape index (κ1) is 59.9. The fourth-order valence-electron chi connectivity index (χ4n) is 18.6. The molecule has 0 saturated heterocycles. The number of rotatable bonds is 10. The molecule has 106 heavy (non-hydrogen) atoms. The number of hydrogen-bond donors (Lipinski definition) is 0. The lowest BCUT2D eigenvalue weighted by atomic mass is 9.33. The van der Waals surface area contributed by atoms with E-state index in [0.717, 1.165) is 125 Å². The van der Waals surface area contributed by atoms with Crippen LogP contribution in [0.1, 0.15) is 22.3 Å². The molecular formula is C97H64B2N6O. The van der Waals surface area contributed by atoms with E-state index in [1.165, 1.54) is 55.2 Å². The van der Waals surface area contributed by atoms with Crippen LogP contribution < -0.4 is 66.9 Å². The minimum Gasteiger partial charge on any atom is -0.458 e. The molecule has 16 aromatic carbocycles. The monoisotopic (exact) mass is 1350 g/mol. The van der Waals surface area contributed by atoms with Crippen LogP contribution in [0.4, 0.5) is 102 Å². The molecule has 0 radical (unpaired) electrons. The summed E-state index contributed by atoms with van der Waals surface area (Å²) < 4.78 is 7.94. The van der Waals surface area contributed by atoms with Crippen molar-refractivity contribution >= 4 is 149 Å². The van der Waals surface area contributed by atoms with Crippen molar-refractivity contribution in [3.8, 4) is 22.6 Å². The molecule has 0 aromatic heterocycles. The third-order valence-corrected chi connectivity index (χ3v) is 22.7. The molecule has 5 aliphatic heterocycles. The SMILES string of the molecule is c1ccc(N(c2ccccc2)c2cc3c4c(c2)N(c2ccccc2)c2ccccc2B4c2cc4c(cc2O3)N(c2ccccc2)c2cc3c(cc2C42c4ccccc4-c4ccccc42)B2c4ccccc4N(c4ccccc4)c4cc(N(c5ccccc5)c5ccccc5)cc(c42)N3c2ccccc2)cc1. The molecule has 9 heteroatoms. The van der Waals surface area contributed by atoms with Crippen molar-refractivity contribution in [2.75, 3.05) is 29.4 Å². The average molecular weight is 1350 g/mol. The number of anilines is 18.